The molecule has 1 aliphatic rings. The standard InChI is InChI=1S/C30H29N7O4S2/c38-24(39)11-7-2-1-3-8-16-31-27(40)22-14-12-20(13-15-22)23-19-43-30(33-23)37-28(41)26(34-35-29-32-17-18-42-29)25(36-37)21-9-5-4-6-10-21/h4-6,9-10,12-15,17-19H,1-3,7-8,11,16H2,(H,31,40)(H,32,35)(H,38,39)/b34-26+. The van der Waals surface area contributed by atoms with Gasteiger partial charge in [-0.1, -0.05) is 61.7 Å². The van der Waals surface area contributed by atoms with E-state index in [9.17, 15) is 14.4 Å². The zero-order chi connectivity index (χ0) is 30.0. The van der Waals surface area contributed by atoms with Crippen molar-refractivity contribution >= 4 is 62.1 Å². The number of anilines is 2. The van der Waals surface area contributed by atoms with E-state index in [0.717, 1.165) is 36.8 Å². The fourth-order valence-electron chi connectivity index (χ4n) is 4.32. The third kappa shape index (κ3) is 7.76. The minimum atomic E-state index is -0.762. The summed E-state index contributed by atoms with van der Waals surface area (Å²) in [6, 6.07) is 16.5. The number of hydrogen-bond donors (Lipinski definition) is 3. The topological polar surface area (TPSA) is 149 Å². The van der Waals surface area contributed by atoms with Crippen LogP contribution in [0.1, 0.15) is 54.4 Å². The second kappa shape index (κ2) is 14.4. The number of hydrogen-bond acceptors (Lipinski definition) is 10. The Labute approximate surface area is 256 Å². The van der Waals surface area contributed by atoms with Crippen LogP contribution in [0.4, 0.5) is 10.3 Å². The highest BCUT2D eigenvalue weighted by atomic mass is 32.1. The molecule has 0 bridgehead atoms. The quantitative estimate of drug-likeness (QED) is 0.123. The van der Waals surface area contributed by atoms with Gasteiger partial charge < -0.3 is 10.4 Å². The highest BCUT2D eigenvalue weighted by molar-refractivity contribution is 7.14. The van der Waals surface area contributed by atoms with Gasteiger partial charge >= 0.3 is 11.9 Å². The normalized spacial score (nSPS) is 13.8. The smallest absolute Gasteiger partial charge is 0.303 e. The maximum Gasteiger partial charge on any atom is 0.303 e. The highest BCUT2D eigenvalue weighted by Crippen LogP contribution is 2.30. The van der Waals surface area contributed by atoms with E-state index in [1.165, 1.54) is 27.7 Å². The zero-order valence-electron chi connectivity index (χ0n) is 23.1. The second-order valence-corrected chi connectivity index (χ2v) is 11.3. The molecule has 2 amide bonds. The van der Waals surface area contributed by atoms with Gasteiger partial charge in [0.05, 0.1) is 5.69 Å². The fraction of sp³-hybridized carbons (Fsp3) is 0.233. The van der Waals surface area contributed by atoms with Gasteiger partial charge in [-0.3, -0.25) is 19.8 Å². The molecule has 220 valence electrons. The van der Waals surface area contributed by atoms with Crippen LogP contribution in [0, 0.1) is 0 Å². The predicted octanol–water partition coefficient (Wildman–Crippen LogP) is 5.64. The Kier molecular flexibility index (Phi) is 9.97. The Hall–Kier alpha value is -4.75. The van der Waals surface area contributed by atoms with Gasteiger partial charge in [0, 0.05) is 46.6 Å². The molecular formula is C30H29N7O4S2. The number of carbonyl (C=O) groups excluding carboxylic acids is 2. The summed E-state index contributed by atoms with van der Waals surface area (Å²) in [5, 5.41) is 26.4. The van der Waals surface area contributed by atoms with Crippen molar-refractivity contribution in [1.82, 2.24) is 15.3 Å². The number of unbranched alkanes of at least 4 members (excludes halogenated alkanes) is 4. The minimum Gasteiger partial charge on any atom is -0.481 e. The SMILES string of the molecule is O=C(O)CCCCCCCNC(=O)c1ccc(-c2csc(N3N=C(c4ccccc4)/C(=N\Nc4nccs4)C3=O)n2)cc1. The Balaban J connectivity index is 1.21. The molecule has 43 heavy (non-hydrogen) atoms. The molecule has 2 aromatic heterocycles. The predicted molar refractivity (Wildman–Crippen MR) is 169 cm³/mol. The maximum absolute atomic E-state index is 13.4. The number of nitrogens with one attached hydrogen (secondary N) is 2. The van der Waals surface area contributed by atoms with Crippen LogP contribution in [-0.2, 0) is 9.59 Å². The van der Waals surface area contributed by atoms with Crippen LogP contribution in [0.3, 0.4) is 0 Å². The third-order valence-electron chi connectivity index (χ3n) is 6.53. The molecule has 5 rings (SSSR count). The number of carboxylic acids is 1. The summed E-state index contributed by atoms with van der Waals surface area (Å²) in [5.74, 6) is -1.32. The zero-order valence-corrected chi connectivity index (χ0v) is 24.7. The molecule has 4 aromatic rings. The summed E-state index contributed by atoms with van der Waals surface area (Å²) in [6.45, 7) is 0.564. The number of aliphatic carboxylic acids is 1. The summed E-state index contributed by atoms with van der Waals surface area (Å²) < 4.78 is 0. The van der Waals surface area contributed by atoms with Gasteiger partial charge in [0.1, 0.15) is 5.71 Å². The number of hydrazone groups is 2. The van der Waals surface area contributed by atoms with Gasteiger partial charge in [-0.15, -0.1) is 22.7 Å². The number of benzene rings is 2. The van der Waals surface area contributed by atoms with Crippen LogP contribution in [0.15, 0.2) is 81.8 Å². The third-order valence-corrected chi connectivity index (χ3v) is 8.03. The van der Waals surface area contributed by atoms with Crippen molar-refractivity contribution < 1.29 is 19.5 Å². The average Bonchev–Trinajstić information content (AvgIpc) is 3.79. The maximum atomic E-state index is 13.4. The summed E-state index contributed by atoms with van der Waals surface area (Å²) >= 11 is 2.66. The Morgan fingerprint density at radius 1 is 0.930 bits per heavy atom. The molecule has 0 saturated heterocycles. The molecule has 0 fully saturated rings. The summed E-state index contributed by atoms with van der Waals surface area (Å²) in [4.78, 5) is 45.4. The molecule has 0 aliphatic carbocycles. The van der Waals surface area contributed by atoms with Crippen molar-refractivity contribution in [3.63, 3.8) is 0 Å². The van der Waals surface area contributed by atoms with Crippen molar-refractivity contribution in [3.05, 3.63) is 82.7 Å². The van der Waals surface area contributed by atoms with Crippen LogP contribution in [0.2, 0.25) is 0 Å². The number of nitrogens with zero attached hydrogens (tertiary/aromatic N) is 5. The van der Waals surface area contributed by atoms with Crippen molar-refractivity contribution in [2.45, 2.75) is 38.5 Å². The average molecular weight is 616 g/mol. The van der Waals surface area contributed by atoms with Gasteiger partial charge in [0.15, 0.2) is 5.71 Å². The van der Waals surface area contributed by atoms with E-state index in [0.29, 0.717) is 40.2 Å². The number of rotatable bonds is 14. The fourth-order valence-corrected chi connectivity index (χ4v) is 5.57. The molecule has 3 N–H and O–H groups in total. The molecule has 0 radical (unpaired) electrons. The van der Waals surface area contributed by atoms with E-state index in [1.807, 2.05) is 53.2 Å². The van der Waals surface area contributed by atoms with Gasteiger partial charge in [0.2, 0.25) is 10.3 Å². The monoisotopic (exact) mass is 615 g/mol. The van der Waals surface area contributed by atoms with Crippen molar-refractivity contribution in [2.75, 3.05) is 17.0 Å². The molecule has 0 unspecified atom stereocenters. The van der Waals surface area contributed by atoms with Gasteiger partial charge in [-0.2, -0.15) is 15.2 Å². The van der Waals surface area contributed by atoms with Gasteiger partial charge in [0.25, 0.3) is 5.91 Å². The van der Waals surface area contributed by atoms with E-state index < -0.39 is 11.9 Å². The Morgan fingerprint density at radius 2 is 1.70 bits per heavy atom. The summed E-state index contributed by atoms with van der Waals surface area (Å²) in [6.07, 6.45) is 6.16. The lowest BCUT2D eigenvalue weighted by atomic mass is 10.1. The number of aromatic nitrogens is 2. The number of carbonyl (C=O) groups is 3. The van der Waals surface area contributed by atoms with Crippen LogP contribution < -0.4 is 15.8 Å². The molecule has 0 atom stereocenters. The van der Waals surface area contributed by atoms with Crippen LogP contribution in [0.25, 0.3) is 11.3 Å². The Bertz CT molecular complexity index is 1620. The second-order valence-electron chi connectivity index (χ2n) is 9.60. The molecule has 0 saturated carbocycles. The highest BCUT2D eigenvalue weighted by Gasteiger charge is 2.35. The molecule has 3 heterocycles. The van der Waals surface area contributed by atoms with Crippen LogP contribution in [-0.4, -0.2) is 50.8 Å². The van der Waals surface area contributed by atoms with E-state index in [4.69, 9.17) is 5.11 Å². The van der Waals surface area contributed by atoms with E-state index >= 15 is 0 Å². The van der Waals surface area contributed by atoms with Gasteiger partial charge in [-0.05, 0) is 25.0 Å². The van der Waals surface area contributed by atoms with E-state index in [1.54, 1.807) is 18.3 Å². The van der Waals surface area contributed by atoms with Crippen molar-refractivity contribution in [3.8, 4) is 11.3 Å². The first-order valence-corrected chi connectivity index (χ1v) is 15.5. The lowest BCUT2D eigenvalue weighted by molar-refractivity contribution is -0.137. The summed E-state index contributed by atoms with van der Waals surface area (Å²) in [7, 11) is 0. The first-order valence-electron chi connectivity index (χ1n) is 13.8. The minimum absolute atomic E-state index is 0.153. The molecule has 2 aromatic carbocycles. The first-order chi connectivity index (χ1) is 21.0. The van der Waals surface area contributed by atoms with Crippen molar-refractivity contribution in [1.29, 1.82) is 0 Å². The number of carboxylic acid groups (broad SMARTS) is 1. The van der Waals surface area contributed by atoms with E-state index in [2.05, 4.69) is 30.9 Å². The largest absolute Gasteiger partial charge is 0.481 e. The van der Waals surface area contributed by atoms with Crippen LogP contribution >= 0.6 is 22.7 Å². The molecule has 1 aliphatic heterocycles. The van der Waals surface area contributed by atoms with E-state index in [-0.39, 0.29) is 18.0 Å². The lowest BCUT2D eigenvalue weighted by Crippen LogP contribution is -2.28. The number of amides is 2. The Morgan fingerprint density at radius 3 is 2.44 bits per heavy atom. The summed E-state index contributed by atoms with van der Waals surface area (Å²) in [5.41, 5.74) is 6.19. The number of thiazole rings is 2. The molecule has 11 nitrogen and oxygen atoms in total. The molecular weight excluding hydrogens is 587 g/mol. The molecule has 13 heteroatoms. The molecule has 0 spiro atoms. The van der Waals surface area contributed by atoms with Crippen molar-refractivity contribution in [2.24, 2.45) is 10.2 Å². The lowest BCUT2D eigenvalue weighted by Gasteiger charge is -2.07. The van der Waals surface area contributed by atoms with Gasteiger partial charge in [-0.25, -0.2) is 9.97 Å². The first kappa shape index (κ1) is 29.7. The van der Waals surface area contributed by atoms with Crippen LogP contribution in [0.5, 0.6) is 0 Å².